The number of hydrogen-bond donors (Lipinski definition) is 1. The van der Waals surface area contributed by atoms with Crippen LogP contribution in [-0.2, 0) is 0 Å². The predicted molar refractivity (Wildman–Crippen MR) is 85.2 cm³/mol. The normalized spacial score (nSPS) is 11.0. The molecule has 1 N–H and O–H groups in total. The topological polar surface area (TPSA) is 70.9 Å². The lowest BCUT2D eigenvalue weighted by Gasteiger charge is -2.04. The second-order valence-electron chi connectivity index (χ2n) is 4.16. The lowest BCUT2D eigenvalue weighted by Crippen LogP contribution is -2.21. The number of carbonyl (C=O) groups is 1. The molecule has 0 spiro atoms. The highest BCUT2D eigenvalue weighted by Crippen LogP contribution is 2.11. The van der Waals surface area contributed by atoms with Crippen LogP contribution in [0.5, 0.6) is 0 Å². The van der Waals surface area contributed by atoms with Crippen molar-refractivity contribution >= 4 is 27.5 Å². The van der Waals surface area contributed by atoms with Gasteiger partial charge in [0.2, 0.25) is 0 Å². The Morgan fingerprint density at radius 1 is 1.00 bits per heavy atom. The molecule has 1 amide bonds. The molecule has 0 saturated heterocycles. The number of nitroso groups, excluding NO2 is 1. The SMILES string of the molecule is O=NCC(=NNC(=O)c1ccccc1)c1ccc(Br)cc1. The van der Waals surface area contributed by atoms with Crippen LogP contribution in [-0.4, -0.2) is 18.2 Å². The molecule has 21 heavy (non-hydrogen) atoms. The largest absolute Gasteiger partial charge is 0.271 e. The molecule has 0 bridgehead atoms. The van der Waals surface area contributed by atoms with Gasteiger partial charge in [-0.3, -0.25) is 4.79 Å². The van der Waals surface area contributed by atoms with Gasteiger partial charge in [-0.15, -0.1) is 0 Å². The number of rotatable bonds is 5. The van der Waals surface area contributed by atoms with Crippen molar-refractivity contribution in [2.24, 2.45) is 10.3 Å². The lowest BCUT2D eigenvalue weighted by atomic mass is 10.1. The van der Waals surface area contributed by atoms with Crippen LogP contribution in [0.2, 0.25) is 0 Å². The monoisotopic (exact) mass is 345 g/mol. The van der Waals surface area contributed by atoms with E-state index in [0.29, 0.717) is 11.3 Å². The Balaban J connectivity index is 2.16. The summed E-state index contributed by atoms with van der Waals surface area (Å²) in [5.74, 6) is -0.337. The highest BCUT2D eigenvalue weighted by molar-refractivity contribution is 9.10. The van der Waals surface area contributed by atoms with Gasteiger partial charge in [0.15, 0.2) is 0 Å². The summed E-state index contributed by atoms with van der Waals surface area (Å²) in [5, 5.41) is 6.84. The number of nitrogens with one attached hydrogen (secondary N) is 1. The van der Waals surface area contributed by atoms with Crippen LogP contribution in [0.3, 0.4) is 0 Å². The molecule has 0 aromatic heterocycles. The van der Waals surface area contributed by atoms with Crippen LogP contribution < -0.4 is 5.43 Å². The summed E-state index contributed by atoms with van der Waals surface area (Å²) in [4.78, 5) is 22.4. The summed E-state index contributed by atoms with van der Waals surface area (Å²) in [7, 11) is 0. The van der Waals surface area contributed by atoms with Gasteiger partial charge in [0.05, 0.1) is 5.71 Å². The van der Waals surface area contributed by atoms with E-state index in [9.17, 15) is 9.70 Å². The van der Waals surface area contributed by atoms with Gasteiger partial charge in [-0.1, -0.05) is 51.4 Å². The van der Waals surface area contributed by atoms with Crippen LogP contribution in [0.25, 0.3) is 0 Å². The Morgan fingerprint density at radius 2 is 1.67 bits per heavy atom. The van der Waals surface area contributed by atoms with Crippen molar-refractivity contribution in [3.05, 3.63) is 75.1 Å². The third-order valence-electron chi connectivity index (χ3n) is 2.72. The summed E-state index contributed by atoms with van der Waals surface area (Å²) in [6.07, 6.45) is 0. The maximum absolute atomic E-state index is 11.9. The number of halogens is 1. The van der Waals surface area contributed by atoms with E-state index in [4.69, 9.17) is 0 Å². The molecule has 0 heterocycles. The average molecular weight is 346 g/mol. The van der Waals surface area contributed by atoms with Crippen LogP contribution in [0, 0.1) is 4.91 Å². The third kappa shape index (κ3) is 4.32. The Kier molecular flexibility index (Phi) is 5.34. The molecule has 0 aliphatic rings. The second kappa shape index (κ2) is 7.44. The molecule has 6 heteroatoms. The summed E-state index contributed by atoms with van der Waals surface area (Å²) in [6, 6.07) is 16.0. The van der Waals surface area contributed by atoms with Crippen LogP contribution in [0.1, 0.15) is 15.9 Å². The summed E-state index contributed by atoms with van der Waals surface area (Å²) < 4.78 is 0.915. The minimum absolute atomic E-state index is 0.114. The quantitative estimate of drug-likeness (QED) is 0.512. The van der Waals surface area contributed by atoms with Gasteiger partial charge in [0.25, 0.3) is 5.91 Å². The Bertz CT molecular complexity index is 654. The number of amides is 1. The van der Waals surface area contributed by atoms with Crippen molar-refractivity contribution in [3.8, 4) is 0 Å². The van der Waals surface area contributed by atoms with Gasteiger partial charge in [-0.2, -0.15) is 10.0 Å². The van der Waals surface area contributed by atoms with E-state index in [1.807, 2.05) is 18.2 Å². The highest BCUT2D eigenvalue weighted by atomic mass is 79.9. The predicted octanol–water partition coefficient (Wildman–Crippen LogP) is 3.35. The zero-order valence-electron chi connectivity index (χ0n) is 11.0. The fourth-order valence-electron chi connectivity index (χ4n) is 1.67. The molecule has 0 fully saturated rings. The molecular weight excluding hydrogens is 334 g/mol. The first-order chi connectivity index (χ1) is 10.2. The van der Waals surface area contributed by atoms with Crippen LogP contribution >= 0.6 is 15.9 Å². The molecule has 5 nitrogen and oxygen atoms in total. The summed E-state index contributed by atoms with van der Waals surface area (Å²) in [5.41, 5.74) is 4.06. The first-order valence-corrected chi connectivity index (χ1v) is 6.97. The Labute approximate surface area is 130 Å². The smallest absolute Gasteiger partial charge is 0.267 e. The van der Waals surface area contributed by atoms with Gasteiger partial charge in [0.1, 0.15) is 6.54 Å². The van der Waals surface area contributed by atoms with Gasteiger partial charge < -0.3 is 0 Å². The lowest BCUT2D eigenvalue weighted by molar-refractivity contribution is 0.0955. The van der Waals surface area contributed by atoms with E-state index < -0.39 is 0 Å². The van der Waals surface area contributed by atoms with Gasteiger partial charge in [-0.05, 0) is 29.8 Å². The molecule has 0 unspecified atom stereocenters. The fraction of sp³-hybridized carbons (Fsp3) is 0.0667. The third-order valence-corrected chi connectivity index (χ3v) is 3.25. The number of hydrazone groups is 1. The average Bonchev–Trinajstić information content (AvgIpc) is 2.53. The van der Waals surface area contributed by atoms with E-state index in [0.717, 1.165) is 10.0 Å². The van der Waals surface area contributed by atoms with E-state index >= 15 is 0 Å². The van der Waals surface area contributed by atoms with Crippen molar-refractivity contribution in [1.82, 2.24) is 5.43 Å². The molecule has 0 aliphatic carbocycles. The molecule has 2 aromatic carbocycles. The molecule has 2 rings (SSSR count). The van der Waals surface area contributed by atoms with Crippen molar-refractivity contribution in [3.63, 3.8) is 0 Å². The van der Waals surface area contributed by atoms with E-state index in [1.165, 1.54) is 0 Å². The molecule has 0 atom stereocenters. The molecular formula is C15H12BrN3O2. The van der Waals surface area contributed by atoms with Gasteiger partial charge in [-0.25, -0.2) is 5.43 Å². The number of nitrogens with zero attached hydrogens (tertiary/aromatic N) is 2. The van der Waals surface area contributed by atoms with Crippen LogP contribution in [0.15, 0.2) is 69.3 Å². The van der Waals surface area contributed by atoms with Crippen molar-refractivity contribution in [2.45, 2.75) is 0 Å². The molecule has 0 radical (unpaired) electrons. The first kappa shape index (κ1) is 15.1. The molecule has 106 valence electrons. The molecule has 2 aromatic rings. The maximum Gasteiger partial charge on any atom is 0.271 e. The van der Waals surface area contributed by atoms with E-state index in [-0.39, 0.29) is 12.5 Å². The number of carbonyl (C=O) groups excluding carboxylic acids is 1. The van der Waals surface area contributed by atoms with Crippen LogP contribution in [0.4, 0.5) is 0 Å². The van der Waals surface area contributed by atoms with Crippen molar-refractivity contribution in [2.75, 3.05) is 6.54 Å². The van der Waals surface area contributed by atoms with Crippen molar-refractivity contribution < 1.29 is 4.79 Å². The maximum atomic E-state index is 11.9. The summed E-state index contributed by atoms with van der Waals surface area (Å²) >= 11 is 3.33. The Morgan fingerprint density at radius 3 is 2.29 bits per heavy atom. The minimum Gasteiger partial charge on any atom is -0.267 e. The van der Waals surface area contributed by atoms with Gasteiger partial charge in [0, 0.05) is 10.0 Å². The van der Waals surface area contributed by atoms with E-state index in [1.54, 1.807) is 36.4 Å². The zero-order chi connectivity index (χ0) is 15.1. The van der Waals surface area contributed by atoms with Crippen molar-refractivity contribution in [1.29, 1.82) is 0 Å². The Hall–Kier alpha value is -2.34. The number of benzene rings is 2. The second-order valence-corrected chi connectivity index (χ2v) is 5.08. The standard InChI is InChI=1S/C15H12BrN3O2/c16-13-8-6-11(7-9-13)14(10-17-21)18-19-15(20)12-4-2-1-3-5-12/h1-9H,10H2,(H,19,20). The minimum atomic E-state index is -0.337. The number of hydrogen-bond acceptors (Lipinski definition) is 4. The summed E-state index contributed by atoms with van der Waals surface area (Å²) in [6.45, 7) is -0.114. The van der Waals surface area contributed by atoms with E-state index in [2.05, 4.69) is 31.6 Å². The highest BCUT2D eigenvalue weighted by Gasteiger charge is 2.07. The fourth-order valence-corrected chi connectivity index (χ4v) is 1.93. The first-order valence-electron chi connectivity index (χ1n) is 6.17. The molecule has 0 saturated carbocycles. The van der Waals surface area contributed by atoms with Gasteiger partial charge >= 0.3 is 0 Å². The molecule has 0 aliphatic heterocycles. The zero-order valence-corrected chi connectivity index (χ0v) is 12.6.